The molecular weight excluding hydrogens is 346 g/mol. The van der Waals surface area contributed by atoms with Crippen LogP contribution in [-0.2, 0) is 9.63 Å². The summed E-state index contributed by atoms with van der Waals surface area (Å²) in [5, 5.41) is 8.24. The van der Waals surface area contributed by atoms with Gasteiger partial charge in [-0.05, 0) is 33.6 Å². The summed E-state index contributed by atoms with van der Waals surface area (Å²) >= 11 is 1.60. The van der Waals surface area contributed by atoms with Crippen molar-refractivity contribution < 1.29 is 9.63 Å². The molecule has 0 bridgehead atoms. The minimum atomic E-state index is -0.491. The van der Waals surface area contributed by atoms with Gasteiger partial charge < -0.3 is 10.2 Å². The van der Waals surface area contributed by atoms with Gasteiger partial charge in [0.05, 0.1) is 17.2 Å². The lowest BCUT2D eigenvalue weighted by Crippen LogP contribution is -2.46. The van der Waals surface area contributed by atoms with E-state index in [1.54, 1.807) is 11.3 Å². The van der Waals surface area contributed by atoms with Crippen LogP contribution >= 0.6 is 11.3 Å². The number of carbonyl (C=O) groups excluding carboxylic acids is 1. The van der Waals surface area contributed by atoms with Crippen molar-refractivity contribution in [1.82, 2.24) is 10.0 Å². The fourth-order valence-electron chi connectivity index (χ4n) is 2.84. The standard InChI is InChI=1S/C20H27N3O2S/c1-20(2,3)18(24)25-23-12-8-7-11-16(23)13-21-19-22-17(14-26-19)15-9-5-4-6-10-15/h4-6,9-10,14,16H,7-8,11-13H2,1-3H3,(H,21,22). The van der Waals surface area contributed by atoms with Gasteiger partial charge in [0.2, 0.25) is 0 Å². The van der Waals surface area contributed by atoms with Gasteiger partial charge in [-0.15, -0.1) is 16.4 Å². The minimum absolute atomic E-state index is 0.176. The first-order valence-corrected chi connectivity index (χ1v) is 10.1. The van der Waals surface area contributed by atoms with Crippen LogP contribution in [0.1, 0.15) is 40.0 Å². The monoisotopic (exact) mass is 373 g/mol. The molecule has 3 rings (SSSR count). The zero-order chi connectivity index (χ0) is 18.6. The maximum Gasteiger partial charge on any atom is 0.330 e. The van der Waals surface area contributed by atoms with Gasteiger partial charge in [0.25, 0.3) is 0 Å². The number of piperidine rings is 1. The van der Waals surface area contributed by atoms with Crippen molar-refractivity contribution in [2.24, 2.45) is 5.41 Å². The summed E-state index contributed by atoms with van der Waals surface area (Å²) in [6.45, 7) is 7.16. The number of hydroxylamine groups is 2. The van der Waals surface area contributed by atoms with E-state index in [9.17, 15) is 4.79 Å². The van der Waals surface area contributed by atoms with Crippen LogP contribution in [0, 0.1) is 5.41 Å². The van der Waals surface area contributed by atoms with Crippen molar-refractivity contribution in [3.63, 3.8) is 0 Å². The normalized spacial score (nSPS) is 18.5. The van der Waals surface area contributed by atoms with Crippen LogP contribution < -0.4 is 5.32 Å². The van der Waals surface area contributed by atoms with Crippen LogP contribution in [0.5, 0.6) is 0 Å². The molecule has 26 heavy (non-hydrogen) atoms. The summed E-state index contributed by atoms with van der Waals surface area (Å²) < 4.78 is 0. The number of nitrogens with zero attached hydrogens (tertiary/aromatic N) is 2. The van der Waals surface area contributed by atoms with Crippen molar-refractivity contribution in [2.75, 3.05) is 18.4 Å². The Morgan fingerprint density at radius 1 is 1.31 bits per heavy atom. The highest BCUT2D eigenvalue weighted by molar-refractivity contribution is 7.14. The summed E-state index contributed by atoms with van der Waals surface area (Å²) in [4.78, 5) is 22.6. The van der Waals surface area contributed by atoms with E-state index in [1.165, 1.54) is 0 Å². The second-order valence-corrected chi connectivity index (χ2v) is 8.56. The van der Waals surface area contributed by atoms with Gasteiger partial charge in [-0.2, -0.15) is 0 Å². The van der Waals surface area contributed by atoms with Crippen LogP contribution in [0.25, 0.3) is 11.3 Å². The summed E-state index contributed by atoms with van der Waals surface area (Å²) in [6, 6.07) is 10.3. The predicted octanol–water partition coefficient (Wildman–Crippen LogP) is 4.58. The number of carbonyl (C=O) groups is 1. The lowest BCUT2D eigenvalue weighted by atomic mass is 9.97. The Bertz CT molecular complexity index is 724. The highest BCUT2D eigenvalue weighted by Gasteiger charge is 2.31. The largest absolute Gasteiger partial charge is 0.367 e. The average Bonchev–Trinajstić information content (AvgIpc) is 3.10. The SMILES string of the molecule is CC(C)(C)C(=O)ON1CCCCC1CNc1nc(-c2ccccc2)cs1. The molecule has 1 saturated heterocycles. The zero-order valence-corrected chi connectivity index (χ0v) is 16.5. The molecule has 0 saturated carbocycles. The number of nitrogens with one attached hydrogen (secondary N) is 1. The first-order chi connectivity index (χ1) is 12.4. The average molecular weight is 374 g/mol. The molecule has 1 aromatic carbocycles. The minimum Gasteiger partial charge on any atom is -0.367 e. The highest BCUT2D eigenvalue weighted by atomic mass is 32.1. The van der Waals surface area contributed by atoms with E-state index in [-0.39, 0.29) is 12.0 Å². The molecule has 0 radical (unpaired) electrons. The number of benzene rings is 1. The van der Waals surface area contributed by atoms with Gasteiger partial charge in [0.15, 0.2) is 5.13 Å². The molecule has 0 amide bonds. The fraction of sp³-hybridized carbons (Fsp3) is 0.500. The molecule has 5 nitrogen and oxygen atoms in total. The van der Waals surface area contributed by atoms with Crippen molar-refractivity contribution >= 4 is 22.4 Å². The first-order valence-electron chi connectivity index (χ1n) is 9.17. The van der Waals surface area contributed by atoms with Crippen molar-refractivity contribution in [1.29, 1.82) is 0 Å². The van der Waals surface area contributed by atoms with E-state index in [0.29, 0.717) is 0 Å². The van der Waals surface area contributed by atoms with Crippen molar-refractivity contribution in [2.45, 2.75) is 46.1 Å². The van der Waals surface area contributed by atoms with E-state index in [1.807, 2.05) is 44.0 Å². The summed E-state index contributed by atoms with van der Waals surface area (Å²) in [6.07, 6.45) is 3.23. The molecule has 2 heterocycles. The third-order valence-electron chi connectivity index (χ3n) is 4.45. The molecule has 1 aliphatic heterocycles. The number of thiazole rings is 1. The van der Waals surface area contributed by atoms with E-state index in [0.717, 1.165) is 48.7 Å². The van der Waals surface area contributed by atoms with Gasteiger partial charge in [-0.25, -0.2) is 9.78 Å². The molecule has 6 heteroatoms. The van der Waals surface area contributed by atoms with Crippen LogP contribution in [0.2, 0.25) is 0 Å². The summed E-state index contributed by atoms with van der Waals surface area (Å²) in [5.41, 5.74) is 1.61. The third-order valence-corrected chi connectivity index (χ3v) is 5.25. The fourth-order valence-corrected chi connectivity index (χ4v) is 3.57. The molecule has 0 spiro atoms. The predicted molar refractivity (Wildman–Crippen MR) is 106 cm³/mol. The maximum atomic E-state index is 12.2. The van der Waals surface area contributed by atoms with Gasteiger partial charge in [-0.3, -0.25) is 0 Å². The molecule has 1 unspecified atom stereocenters. The Morgan fingerprint density at radius 3 is 2.81 bits per heavy atom. The maximum absolute atomic E-state index is 12.2. The van der Waals surface area contributed by atoms with Gasteiger partial charge in [0, 0.05) is 24.0 Å². The second-order valence-electron chi connectivity index (χ2n) is 7.70. The Hall–Kier alpha value is -1.92. The third kappa shape index (κ3) is 4.83. The molecule has 2 aromatic rings. The number of rotatable bonds is 5. The van der Waals surface area contributed by atoms with Gasteiger partial charge >= 0.3 is 5.97 Å². The zero-order valence-electron chi connectivity index (χ0n) is 15.7. The van der Waals surface area contributed by atoms with E-state index < -0.39 is 5.41 Å². The lowest BCUT2D eigenvalue weighted by molar-refractivity contribution is -0.215. The highest BCUT2D eigenvalue weighted by Crippen LogP contribution is 2.26. The smallest absolute Gasteiger partial charge is 0.330 e. The van der Waals surface area contributed by atoms with Crippen molar-refractivity contribution in [3.05, 3.63) is 35.7 Å². The van der Waals surface area contributed by atoms with Gasteiger partial charge in [0.1, 0.15) is 0 Å². The van der Waals surface area contributed by atoms with Crippen LogP contribution in [0.15, 0.2) is 35.7 Å². The van der Waals surface area contributed by atoms with Crippen LogP contribution in [-0.4, -0.2) is 35.1 Å². The molecule has 1 aliphatic rings. The Balaban J connectivity index is 1.59. The number of hydrogen-bond acceptors (Lipinski definition) is 6. The second kappa shape index (κ2) is 8.18. The van der Waals surface area contributed by atoms with Crippen LogP contribution in [0.3, 0.4) is 0 Å². The van der Waals surface area contributed by atoms with Crippen LogP contribution in [0.4, 0.5) is 5.13 Å². The van der Waals surface area contributed by atoms with E-state index in [2.05, 4.69) is 27.8 Å². The molecular formula is C20H27N3O2S. The number of hydrogen-bond donors (Lipinski definition) is 1. The molecule has 1 N–H and O–H groups in total. The quantitative estimate of drug-likeness (QED) is 0.831. The number of anilines is 1. The molecule has 1 fully saturated rings. The lowest BCUT2D eigenvalue weighted by Gasteiger charge is -2.35. The van der Waals surface area contributed by atoms with E-state index in [4.69, 9.17) is 4.84 Å². The Labute approximate surface area is 159 Å². The Kier molecular flexibility index (Phi) is 5.94. The Morgan fingerprint density at radius 2 is 2.08 bits per heavy atom. The summed E-state index contributed by atoms with van der Waals surface area (Å²) in [5.74, 6) is -0.176. The molecule has 1 atom stereocenters. The number of aromatic nitrogens is 1. The molecule has 0 aliphatic carbocycles. The first kappa shape index (κ1) is 18.9. The molecule has 140 valence electrons. The topological polar surface area (TPSA) is 54.5 Å². The van der Waals surface area contributed by atoms with Crippen molar-refractivity contribution in [3.8, 4) is 11.3 Å². The summed E-state index contributed by atoms with van der Waals surface area (Å²) in [7, 11) is 0. The van der Waals surface area contributed by atoms with E-state index >= 15 is 0 Å². The van der Waals surface area contributed by atoms with Gasteiger partial charge in [-0.1, -0.05) is 36.8 Å². The molecule has 1 aromatic heterocycles.